The Morgan fingerprint density at radius 2 is 1.83 bits per heavy atom. The zero-order valence-corrected chi connectivity index (χ0v) is 13.4. The molecule has 2 aromatic carbocycles. The fraction of sp³-hybridized carbons (Fsp3) is 0.125. The smallest absolute Gasteiger partial charge is 0.358 e. The molecule has 2 rings (SSSR count). The van der Waals surface area contributed by atoms with Crippen LogP contribution in [0.4, 0.5) is 0 Å². The van der Waals surface area contributed by atoms with Crippen molar-refractivity contribution in [1.29, 1.82) is 0 Å². The second kappa shape index (κ2) is 7.06. The Kier molecular flexibility index (Phi) is 5.13. The van der Waals surface area contributed by atoms with Gasteiger partial charge in [-0.05, 0) is 35.7 Å². The maximum atomic E-state index is 12.1. The number of carbonyl (C=O) groups is 1. The van der Waals surface area contributed by atoms with Gasteiger partial charge in [0.25, 0.3) is 0 Å². The van der Waals surface area contributed by atoms with Gasteiger partial charge in [0, 0.05) is 0 Å². The second-order valence-corrected chi connectivity index (χ2v) is 6.16. The maximum Gasteiger partial charge on any atom is 0.358 e. The average molecular weight is 333 g/mol. The fourth-order valence-electron chi connectivity index (χ4n) is 1.90. The summed E-state index contributed by atoms with van der Waals surface area (Å²) < 4.78 is 33.0. The van der Waals surface area contributed by atoms with E-state index in [0.29, 0.717) is 6.21 Å². The van der Waals surface area contributed by atoms with Gasteiger partial charge in [0.2, 0.25) is 0 Å². The molecule has 0 fully saturated rings. The summed E-state index contributed by atoms with van der Waals surface area (Å²) in [7, 11) is -2.97. The van der Waals surface area contributed by atoms with Crippen molar-refractivity contribution < 1.29 is 22.2 Å². The Labute approximate surface area is 134 Å². The van der Waals surface area contributed by atoms with Crippen molar-refractivity contribution in [1.82, 2.24) is 0 Å². The molecule has 0 radical (unpaired) electrons. The number of nitrogens with zero attached hydrogens (tertiary/aromatic N) is 1. The van der Waals surface area contributed by atoms with E-state index in [1.165, 1.54) is 12.1 Å². The summed E-state index contributed by atoms with van der Waals surface area (Å²) in [6.45, 7) is 1.88. The van der Waals surface area contributed by atoms with Crippen LogP contribution in [-0.2, 0) is 23.9 Å². The third-order valence-electron chi connectivity index (χ3n) is 3.08. The Morgan fingerprint density at radius 3 is 2.48 bits per heavy atom. The number of esters is 1. The van der Waals surface area contributed by atoms with Crippen molar-refractivity contribution in [3.63, 3.8) is 0 Å². The van der Waals surface area contributed by atoms with Crippen LogP contribution in [0.15, 0.2) is 58.6 Å². The highest BCUT2D eigenvalue weighted by Crippen LogP contribution is 2.26. The highest BCUT2D eigenvalue weighted by Gasteiger charge is 2.17. The quantitative estimate of drug-likeness (QED) is 0.477. The SMILES string of the molecule is COC(=O)C=NOS(=O)(=O)c1ccc(C)c(-c2ccccc2)c1. The molecule has 2 aromatic rings. The van der Waals surface area contributed by atoms with E-state index < -0.39 is 16.1 Å². The molecule has 0 aliphatic carbocycles. The summed E-state index contributed by atoms with van der Waals surface area (Å²) in [6, 6.07) is 14.0. The van der Waals surface area contributed by atoms with Crippen LogP contribution < -0.4 is 0 Å². The van der Waals surface area contributed by atoms with E-state index in [0.717, 1.165) is 23.8 Å². The fourth-order valence-corrected chi connectivity index (χ4v) is 2.64. The molecule has 120 valence electrons. The van der Waals surface area contributed by atoms with E-state index in [-0.39, 0.29) is 4.90 Å². The lowest BCUT2D eigenvalue weighted by Crippen LogP contribution is -2.06. The number of benzene rings is 2. The predicted octanol–water partition coefficient (Wildman–Crippen LogP) is 2.53. The normalized spacial score (nSPS) is 11.4. The Bertz CT molecular complexity index is 829. The molecule has 0 spiro atoms. The Balaban J connectivity index is 2.33. The summed E-state index contributed by atoms with van der Waals surface area (Å²) in [5, 5.41) is 3.13. The van der Waals surface area contributed by atoms with Gasteiger partial charge in [-0.2, -0.15) is 8.42 Å². The molecule has 0 N–H and O–H groups in total. The first-order chi connectivity index (χ1) is 10.9. The molecule has 0 unspecified atom stereocenters. The minimum absolute atomic E-state index is 0.0519. The van der Waals surface area contributed by atoms with E-state index in [4.69, 9.17) is 0 Å². The van der Waals surface area contributed by atoms with Crippen molar-refractivity contribution >= 4 is 22.3 Å². The molecule has 0 bridgehead atoms. The predicted molar refractivity (Wildman–Crippen MR) is 85.4 cm³/mol. The lowest BCUT2D eigenvalue weighted by molar-refractivity contribution is -0.132. The lowest BCUT2D eigenvalue weighted by atomic mass is 10.0. The van der Waals surface area contributed by atoms with E-state index in [9.17, 15) is 13.2 Å². The zero-order valence-electron chi connectivity index (χ0n) is 12.6. The summed E-state index contributed by atoms with van der Waals surface area (Å²) >= 11 is 0. The van der Waals surface area contributed by atoms with Crippen LogP contribution in [0.1, 0.15) is 5.56 Å². The van der Waals surface area contributed by atoms with Gasteiger partial charge in [-0.25, -0.2) is 4.79 Å². The number of hydrogen-bond acceptors (Lipinski definition) is 6. The zero-order chi connectivity index (χ0) is 16.9. The summed E-state index contributed by atoms with van der Waals surface area (Å²) in [5.41, 5.74) is 2.58. The Hall–Kier alpha value is -2.67. The van der Waals surface area contributed by atoms with Gasteiger partial charge in [0.05, 0.1) is 7.11 Å². The first-order valence-electron chi connectivity index (χ1n) is 6.65. The molecular weight excluding hydrogens is 318 g/mol. The van der Waals surface area contributed by atoms with Crippen LogP contribution in [0.25, 0.3) is 11.1 Å². The molecule has 0 saturated carbocycles. The van der Waals surface area contributed by atoms with Gasteiger partial charge in [0.15, 0.2) is 6.21 Å². The van der Waals surface area contributed by atoms with Gasteiger partial charge >= 0.3 is 16.1 Å². The first-order valence-corrected chi connectivity index (χ1v) is 8.06. The minimum atomic E-state index is -4.12. The van der Waals surface area contributed by atoms with Gasteiger partial charge in [-0.1, -0.05) is 41.6 Å². The van der Waals surface area contributed by atoms with Crippen LogP contribution in [0.3, 0.4) is 0 Å². The molecule has 0 saturated heterocycles. The average Bonchev–Trinajstić information content (AvgIpc) is 2.55. The molecule has 0 atom stereocenters. The van der Waals surface area contributed by atoms with E-state index in [1.54, 1.807) is 6.07 Å². The molecule has 0 amide bonds. The third kappa shape index (κ3) is 4.17. The van der Waals surface area contributed by atoms with Crippen LogP contribution in [-0.4, -0.2) is 27.7 Å². The second-order valence-electron chi connectivity index (χ2n) is 4.63. The van der Waals surface area contributed by atoms with Crippen LogP contribution in [0.2, 0.25) is 0 Å². The van der Waals surface area contributed by atoms with Crippen LogP contribution in [0, 0.1) is 6.92 Å². The van der Waals surface area contributed by atoms with Crippen LogP contribution >= 0.6 is 0 Å². The number of methoxy groups -OCH3 is 1. The summed E-state index contributed by atoms with van der Waals surface area (Å²) in [4.78, 5) is 10.8. The molecular formula is C16H15NO5S. The number of oxime groups is 1. The minimum Gasteiger partial charge on any atom is -0.465 e. The topological polar surface area (TPSA) is 82.0 Å². The van der Waals surface area contributed by atoms with Crippen molar-refractivity contribution in [2.24, 2.45) is 5.16 Å². The molecule has 0 aliphatic rings. The monoisotopic (exact) mass is 333 g/mol. The number of rotatable bonds is 5. The molecule has 6 nitrogen and oxygen atoms in total. The molecule has 23 heavy (non-hydrogen) atoms. The van der Waals surface area contributed by atoms with E-state index in [1.807, 2.05) is 37.3 Å². The van der Waals surface area contributed by atoms with Gasteiger partial charge in [0.1, 0.15) is 4.90 Å². The highest BCUT2D eigenvalue weighted by atomic mass is 32.2. The Morgan fingerprint density at radius 1 is 1.13 bits per heavy atom. The number of carbonyl (C=O) groups excluding carboxylic acids is 1. The largest absolute Gasteiger partial charge is 0.465 e. The van der Waals surface area contributed by atoms with Crippen LogP contribution in [0.5, 0.6) is 0 Å². The molecule has 7 heteroatoms. The molecule has 0 aromatic heterocycles. The van der Waals surface area contributed by atoms with E-state index in [2.05, 4.69) is 14.2 Å². The lowest BCUT2D eigenvalue weighted by Gasteiger charge is -2.08. The number of aryl methyl sites for hydroxylation is 1. The van der Waals surface area contributed by atoms with Crippen molar-refractivity contribution in [3.8, 4) is 11.1 Å². The van der Waals surface area contributed by atoms with Gasteiger partial charge in [-0.15, -0.1) is 0 Å². The van der Waals surface area contributed by atoms with E-state index >= 15 is 0 Å². The number of ether oxygens (including phenoxy) is 1. The standard InChI is InChI=1S/C16H15NO5S/c1-12-8-9-14(10-15(12)13-6-4-3-5-7-13)23(19,20)22-17-11-16(18)21-2/h3-11H,1-2H3. The molecule has 0 heterocycles. The van der Waals surface area contributed by atoms with Gasteiger partial charge in [-0.3, -0.25) is 4.28 Å². The number of hydrogen-bond donors (Lipinski definition) is 0. The summed E-state index contributed by atoms with van der Waals surface area (Å²) in [6.07, 6.45) is 0.643. The third-order valence-corrected chi connectivity index (χ3v) is 4.20. The highest BCUT2D eigenvalue weighted by molar-refractivity contribution is 7.86. The first kappa shape index (κ1) is 16.7. The van der Waals surface area contributed by atoms with Gasteiger partial charge < -0.3 is 4.74 Å². The maximum absolute atomic E-state index is 12.1. The van der Waals surface area contributed by atoms with Crippen molar-refractivity contribution in [2.75, 3.05) is 7.11 Å². The van der Waals surface area contributed by atoms with Crippen molar-refractivity contribution in [3.05, 3.63) is 54.1 Å². The summed E-state index contributed by atoms with van der Waals surface area (Å²) in [5.74, 6) is -0.811. The van der Waals surface area contributed by atoms with Crippen molar-refractivity contribution in [2.45, 2.75) is 11.8 Å². The molecule has 0 aliphatic heterocycles.